The van der Waals surface area contributed by atoms with Gasteiger partial charge in [0.2, 0.25) is 0 Å². The molecule has 0 aromatic carbocycles. The molecule has 0 aromatic heterocycles. The van der Waals surface area contributed by atoms with Crippen molar-refractivity contribution >= 4 is 21.9 Å². The van der Waals surface area contributed by atoms with E-state index in [4.69, 9.17) is 9.84 Å². The molecule has 1 aliphatic rings. The zero-order chi connectivity index (χ0) is 8.97. The van der Waals surface area contributed by atoms with Gasteiger partial charge in [0.25, 0.3) is 0 Å². The predicted octanol–water partition coefficient (Wildman–Crippen LogP) is 1.79. The van der Waals surface area contributed by atoms with Gasteiger partial charge in [-0.05, 0) is 25.7 Å². The van der Waals surface area contributed by atoms with Gasteiger partial charge in [-0.1, -0.05) is 15.9 Å². The van der Waals surface area contributed by atoms with Crippen molar-refractivity contribution < 1.29 is 14.6 Å². The second-order valence-electron chi connectivity index (χ2n) is 3.02. The topological polar surface area (TPSA) is 46.5 Å². The van der Waals surface area contributed by atoms with Crippen molar-refractivity contribution in [3.63, 3.8) is 0 Å². The molecule has 3 nitrogen and oxygen atoms in total. The summed E-state index contributed by atoms with van der Waals surface area (Å²) in [6.45, 7) is 0.548. The molecular formula is C8H13BrO3. The number of carboxylic acid groups (broad SMARTS) is 1. The standard InChI is InChI=1S/C8H13BrO3/c9-7(8(10)11)4-5-12-6-2-1-3-6/h6-7H,1-5H2,(H,10,11). The highest BCUT2D eigenvalue weighted by atomic mass is 79.9. The smallest absolute Gasteiger partial charge is 0.317 e. The molecule has 1 N–H and O–H groups in total. The summed E-state index contributed by atoms with van der Waals surface area (Å²) >= 11 is 3.05. The molecule has 1 unspecified atom stereocenters. The van der Waals surface area contributed by atoms with Gasteiger partial charge in [-0.25, -0.2) is 0 Å². The number of rotatable bonds is 5. The van der Waals surface area contributed by atoms with Crippen LogP contribution in [0.4, 0.5) is 0 Å². The highest BCUT2D eigenvalue weighted by molar-refractivity contribution is 9.10. The summed E-state index contributed by atoms with van der Waals surface area (Å²) in [6.07, 6.45) is 4.48. The molecule has 0 spiro atoms. The summed E-state index contributed by atoms with van der Waals surface area (Å²) in [5.74, 6) is -0.813. The SMILES string of the molecule is O=C(O)C(Br)CCOC1CCC1. The van der Waals surface area contributed by atoms with Crippen molar-refractivity contribution in [3.8, 4) is 0 Å². The minimum atomic E-state index is -0.813. The first-order valence-electron chi connectivity index (χ1n) is 4.18. The fourth-order valence-electron chi connectivity index (χ4n) is 0.999. The van der Waals surface area contributed by atoms with E-state index in [-0.39, 0.29) is 0 Å². The Morgan fingerprint density at radius 1 is 1.67 bits per heavy atom. The molecule has 0 saturated heterocycles. The van der Waals surface area contributed by atoms with Crippen LogP contribution in [-0.2, 0) is 9.53 Å². The molecule has 1 aliphatic carbocycles. The highest BCUT2D eigenvalue weighted by Crippen LogP contribution is 2.22. The molecule has 1 fully saturated rings. The minimum absolute atomic E-state index is 0.401. The Morgan fingerprint density at radius 2 is 2.33 bits per heavy atom. The molecule has 4 heteroatoms. The van der Waals surface area contributed by atoms with Crippen molar-refractivity contribution in [3.05, 3.63) is 0 Å². The summed E-state index contributed by atoms with van der Waals surface area (Å²) in [4.78, 5) is 9.90. The molecule has 0 bridgehead atoms. The van der Waals surface area contributed by atoms with E-state index in [0.717, 1.165) is 12.8 Å². The number of alkyl halides is 1. The molecule has 0 radical (unpaired) electrons. The number of hydrogen-bond acceptors (Lipinski definition) is 2. The molecule has 0 aromatic rings. The maximum atomic E-state index is 10.4. The van der Waals surface area contributed by atoms with Crippen molar-refractivity contribution in [1.29, 1.82) is 0 Å². The third-order valence-corrected chi connectivity index (χ3v) is 2.89. The maximum Gasteiger partial charge on any atom is 0.317 e. The van der Waals surface area contributed by atoms with Gasteiger partial charge in [0.1, 0.15) is 4.83 Å². The summed E-state index contributed by atoms with van der Waals surface area (Å²) in [5, 5.41) is 8.52. The molecule has 1 rings (SSSR count). The Balaban J connectivity index is 1.97. The largest absolute Gasteiger partial charge is 0.480 e. The van der Waals surface area contributed by atoms with Gasteiger partial charge >= 0.3 is 5.97 Å². The maximum absolute atomic E-state index is 10.4. The van der Waals surface area contributed by atoms with Gasteiger partial charge in [0.05, 0.1) is 6.10 Å². The van der Waals surface area contributed by atoms with E-state index in [1.165, 1.54) is 6.42 Å². The van der Waals surface area contributed by atoms with E-state index < -0.39 is 10.8 Å². The molecule has 1 saturated carbocycles. The van der Waals surface area contributed by atoms with Crippen LogP contribution in [0.2, 0.25) is 0 Å². The van der Waals surface area contributed by atoms with Gasteiger partial charge in [-0.3, -0.25) is 4.79 Å². The van der Waals surface area contributed by atoms with Gasteiger partial charge < -0.3 is 9.84 Å². The summed E-state index contributed by atoms with van der Waals surface area (Å²) in [6, 6.07) is 0. The quantitative estimate of drug-likeness (QED) is 0.741. The van der Waals surface area contributed by atoms with Crippen LogP contribution >= 0.6 is 15.9 Å². The third-order valence-electron chi connectivity index (χ3n) is 2.05. The van der Waals surface area contributed by atoms with Crippen molar-refractivity contribution in [2.24, 2.45) is 0 Å². The summed E-state index contributed by atoms with van der Waals surface area (Å²) < 4.78 is 5.41. The molecule has 0 amide bonds. The van der Waals surface area contributed by atoms with Crippen LogP contribution in [0, 0.1) is 0 Å². The van der Waals surface area contributed by atoms with Crippen molar-refractivity contribution in [2.45, 2.75) is 36.6 Å². The molecule has 0 heterocycles. The van der Waals surface area contributed by atoms with Gasteiger partial charge in [-0.2, -0.15) is 0 Å². The van der Waals surface area contributed by atoms with E-state index in [9.17, 15) is 4.79 Å². The Labute approximate surface area is 80.2 Å². The van der Waals surface area contributed by atoms with Crippen LogP contribution in [0.15, 0.2) is 0 Å². The monoisotopic (exact) mass is 236 g/mol. The second kappa shape index (κ2) is 4.82. The van der Waals surface area contributed by atoms with E-state index in [2.05, 4.69) is 15.9 Å². The lowest BCUT2D eigenvalue weighted by Crippen LogP contribution is -2.24. The Morgan fingerprint density at radius 3 is 2.75 bits per heavy atom. The van der Waals surface area contributed by atoms with E-state index in [0.29, 0.717) is 19.1 Å². The number of aliphatic carboxylic acids is 1. The fourth-order valence-corrected chi connectivity index (χ4v) is 1.19. The summed E-state index contributed by atoms with van der Waals surface area (Å²) in [5.41, 5.74) is 0. The minimum Gasteiger partial charge on any atom is -0.480 e. The van der Waals surface area contributed by atoms with E-state index in [1.54, 1.807) is 0 Å². The van der Waals surface area contributed by atoms with Gasteiger partial charge in [0.15, 0.2) is 0 Å². The van der Waals surface area contributed by atoms with Crippen LogP contribution in [0.25, 0.3) is 0 Å². The van der Waals surface area contributed by atoms with Crippen LogP contribution < -0.4 is 0 Å². The van der Waals surface area contributed by atoms with Gasteiger partial charge in [-0.15, -0.1) is 0 Å². The lowest BCUT2D eigenvalue weighted by Gasteiger charge is -2.25. The molecule has 1 atom stereocenters. The van der Waals surface area contributed by atoms with E-state index >= 15 is 0 Å². The summed E-state index contributed by atoms with van der Waals surface area (Å²) in [7, 11) is 0. The van der Waals surface area contributed by atoms with Crippen LogP contribution in [0.5, 0.6) is 0 Å². The molecular weight excluding hydrogens is 224 g/mol. The molecule has 12 heavy (non-hydrogen) atoms. The number of ether oxygens (including phenoxy) is 1. The van der Waals surface area contributed by atoms with Crippen molar-refractivity contribution in [1.82, 2.24) is 0 Å². The van der Waals surface area contributed by atoms with Crippen LogP contribution in [0.1, 0.15) is 25.7 Å². The number of carboxylic acids is 1. The van der Waals surface area contributed by atoms with Gasteiger partial charge in [0, 0.05) is 6.61 Å². The average Bonchev–Trinajstić information content (AvgIpc) is 1.93. The Hall–Kier alpha value is -0.0900. The normalized spacial score (nSPS) is 20.1. The predicted molar refractivity (Wildman–Crippen MR) is 48.6 cm³/mol. The second-order valence-corrected chi connectivity index (χ2v) is 4.12. The highest BCUT2D eigenvalue weighted by Gasteiger charge is 2.19. The van der Waals surface area contributed by atoms with Crippen molar-refractivity contribution in [2.75, 3.05) is 6.61 Å². The number of hydrogen-bond donors (Lipinski definition) is 1. The zero-order valence-corrected chi connectivity index (χ0v) is 8.42. The van der Waals surface area contributed by atoms with E-state index in [1.807, 2.05) is 0 Å². The van der Waals surface area contributed by atoms with Crippen LogP contribution in [0.3, 0.4) is 0 Å². The fraction of sp³-hybridized carbons (Fsp3) is 0.875. The lowest BCUT2D eigenvalue weighted by molar-refractivity contribution is -0.136. The zero-order valence-electron chi connectivity index (χ0n) is 6.83. The first-order valence-corrected chi connectivity index (χ1v) is 5.10. The Bertz CT molecular complexity index is 156. The number of carbonyl (C=O) groups is 1. The first kappa shape index (κ1) is 9.99. The average molecular weight is 237 g/mol. The van der Waals surface area contributed by atoms with Crippen LogP contribution in [-0.4, -0.2) is 28.6 Å². The molecule has 70 valence electrons. The molecule has 0 aliphatic heterocycles. The first-order chi connectivity index (χ1) is 5.70. The number of halogens is 1. The lowest BCUT2D eigenvalue weighted by atomic mass is 9.96. The third kappa shape index (κ3) is 3.11. The Kier molecular flexibility index (Phi) is 4.01.